The van der Waals surface area contributed by atoms with Crippen LogP contribution in [0.1, 0.15) is 76.2 Å². The fourth-order valence-electron chi connectivity index (χ4n) is 5.38. The molecule has 6 N–H and O–H groups in total. The van der Waals surface area contributed by atoms with Crippen molar-refractivity contribution in [3.8, 4) is 12.3 Å². The van der Waals surface area contributed by atoms with Crippen LogP contribution >= 0.6 is 15.6 Å². The minimum atomic E-state index is -5.04. The second-order valence-electron chi connectivity index (χ2n) is 16.8. The molecule has 0 aromatic carbocycles. The molecule has 0 saturated carbocycles. The predicted octanol–water partition coefficient (Wildman–Crippen LogP) is 2.82. The zero-order valence-corrected chi connectivity index (χ0v) is 48.5. The van der Waals surface area contributed by atoms with E-state index in [4.69, 9.17) is 47.8 Å². The van der Waals surface area contributed by atoms with Crippen LogP contribution in [0.3, 0.4) is 0 Å². The number of halogens is 2. The molecule has 2 aromatic heterocycles. The van der Waals surface area contributed by atoms with Gasteiger partial charge in [0.15, 0.2) is 17.4 Å². The average molecular weight is 1230 g/mol. The smallest absolute Gasteiger partial charge is 0.432 e. The molecule has 0 unspecified atom stereocenters. The SMILES string of the molecule is C#C[C@@](O)([C@H](O)[C@@](F)(COP(=O)(OCOC(=O)OC(C)C)OCOC(=O)OC(C)C)OC)n1ccc(=O)[nH]c1=O.CC.CO[C@](CF)(COP(=O)(OCOC(=O)OC(C)C)OCOC(=O)OC(C)C)[C@@H](O)[C@@](C)(O)n1ccc(=O)[nH]c1=O. The summed E-state index contributed by atoms with van der Waals surface area (Å²) < 4.78 is 133. The normalized spacial score (nSPS) is 15.2. The van der Waals surface area contributed by atoms with Crippen molar-refractivity contribution in [3.63, 3.8) is 0 Å². The minimum Gasteiger partial charge on any atom is -0.432 e. The van der Waals surface area contributed by atoms with E-state index in [2.05, 4.69) is 33.2 Å². The number of carbonyl (C=O) groups excluding carboxylic acids is 4. The zero-order valence-electron chi connectivity index (χ0n) is 46.7. The van der Waals surface area contributed by atoms with Crippen LogP contribution in [-0.2, 0) is 95.1 Å². The highest BCUT2D eigenvalue weighted by Gasteiger charge is 2.55. The van der Waals surface area contributed by atoms with Crippen molar-refractivity contribution in [2.75, 3.05) is 61.3 Å². The fourth-order valence-corrected chi connectivity index (χ4v) is 7.26. The Balaban J connectivity index is 0.00000155. The number of aliphatic hydroxyl groups is 4. The van der Waals surface area contributed by atoms with Crippen LogP contribution in [0.15, 0.2) is 43.7 Å². The Labute approximate surface area is 466 Å². The molecule has 82 heavy (non-hydrogen) atoms. The van der Waals surface area contributed by atoms with Crippen LogP contribution in [0, 0.1) is 12.3 Å². The number of aromatic amines is 2. The van der Waals surface area contributed by atoms with Crippen molar-refractivity contribution in [2.45, 2.75) is 136 Å². The van der Waals surface area contributed by atoms with Crippen molar-refractivity contribution in [3.05, 3.63) is 66.2 Å². The van der Waals surface area contributed by atoms with E-state index in [1.54, 1.807) is 10.9 Å². The van der Waals surface area contributed by atoms with Gasteiger partial charge in [-0.25, -0.2) is 64.8 Å². The molecule has 0 aliphatic heterocycles. The summed E-state index contributed by atoms with van der Waals surface area (Å²) in [6.45, 7) is 8.18. The van der Waals surface area contributed by atoms with Crippen LogP contribution in [0.5, 0.6) is 0 Å². The second kappa shape index (κ2) is 35.1. The molecule has 0 radical (unpaired) electrons. The van der Waals surface area contributed by atoms with Crippen LogP contribution in [0.25, 0.3) is 0 Å². The van der Waals surface area contributed by atoms with Crippen LogP contribution in [-0.4, -0.2) is 174 Å². The summed E-state index contributed by atoms with van der Waals surface area (Å²) in [6.07, 6.45) is -5.71. The highest BCUT2D eigenvalue weighted by Crippen LogP contribution is 2.52. The molecule has 0 saturated heterocycles. The first kappa shape index (κ1) is 75.8. The van der Waals surface area contributed by atoms with Gasteiger partial charge in [0.2, 0.25) is 32.9 Å². The number of ether oxygens (including phenoxy) is 10. The molecule has 0 spiro atoms. The molecular weight excluding hydrogens is 1160 g/mol. The first-order chi connectivity index (χ1) is 38.0. The van der Waals surface area contributed by atoms with E-state index in [0.717, 1.165) is 32.4 Å². The molecule has 2 aromatic rings. The van der Waals surface area contributed by atoms with Crippen LogP contribution < -0.4 is 22.5 Å². The highest BCUT2D eigenvalue weighted by atomic mass is 31.2. The summed E-state index contributed by atoms with van der Waals surface area (Å²) in [5, 5.41) is 43.2. The molecule has 0 aliphatic rings. The van der Waals surface area contributed by atoms with Gasteiger partial charge in [-0.05, 0) is 68.2 Å². The van der Waals surface area contributed by atoms with Gasteiger partial charge in [-0.2, -0.15) is 0 Å². The minimum absolute atomic E-state index is 0.210. The summed E-state index contributed by atoms with van der Waals surface area (Å²) in [5.74, 6) is -1.95. The Bertz CT molecular complexity index is 2640. The Kier molecular flexibility index (Phi) is 32.5. The van der Waals surface area contributed by atoms with E-state index >= 15 is 4.39 Å². The molecule has 470 valence electrons. The van der Waals surface area contributed by atoms with Crippen molar-refractivity contribution in [2.24, 2.45) is 0 Å². The standard InChI is InChI=1S/C21H34FN2O15P.C21H30FN2O15P.C2H6/c1-13(2)38-18(28)33-11-36-40(31,37-12-34-19(29)39-14(3)4)35-10-21(9-22,32-6)16(26)20(5,30)24-8-7-15(25)23-17(24)27;1-7-21(30,24-9-8-15(25)23-17(24)27)16(26)20(22,32-6)10-35-40(31,36-11-33-18(28)38-13(2)3)37-12-34-19(29)39-14(4)5;1-2/h7-8,13-14,16,26,30H,9-12H2,1-6H3,(H,23,25,27);1,8-9,13-14,16,26,30H,10-12H2,2-6H3,(H,23,25,27);1-2H3/t16-,20+,21+;16-,20-,21-;/m01./s1. The number of hydrogen-bond donors (Lipinski definition) is 6. The number of rotatable bonds is 31. The molecule has 0 bridgehead atoms. The van der Waals surface area contributed by atoms with Gasteiger partial charge in [-0.1, -0.05) is 13.8 Å². The second-order valence-corrected chi connectivity index (χ2v) is 20.1. The van der Waals surface area contributed by atoms with Gasteiger partial charge < -0.3 is 67.8 Å². The number of aromatic nitrogens is 4. The quantitative estimate of drug-likeness (QED) is 0.0208. The van der Waals surface area contributed by atoms with E-state index in [1.165, 1.54) is 55.4 Å². The van der Waals surface area contributed by atoms with Crippen LogP contribution in [0.4, 0.5) is 28.0 Å². The lowest BCUT2D eigenvalue weighted by molar-refractivity contribution is -0.263. The number of methoxy groups -OCH3 is 2. The van der Waals surface area contributed by atoms with E-state index in [9.17, 15) is 72.3 Å². The summed E-state index contributed by atoms with van der Waals surface area (Å²) >= 11 is 0. The van der Waals surface area contributed by atoms with Crippen molar-refractivity contribution >= 4 is 40.3 Å². The van der Waals surface area contributed by atoms with Crippen molar-refractivity contribution in [1.82, 2.24) is 19.1 Å². The third-order valence-corrected chi connectivity index (χ3v) is 11.8. The van der Waals surface area contributed by atoms with Gasteiger partial charge in [0.05, 0.1) is 31.0 Å². The molecule has 2 heterocycles. The van der Waals surface area contributed by atoms with E-state index in [1.807, 2.05) is 18.8 Å². The number of carbonyl (C=O) groups is 4. The molecular formula is C44H70F2N4O30P2. The van der Waals surface area contributed by atoms with Gasteiger partial charge in [0.1, 0.15) is 19.4 Å². The lowest BCUT2D eigenvalue weighted by Gasteiger charge is -2.41. The lowest BCUT2D eigenvalue weighted by Crippen LogP contribution is -2.62. The molecule has 2 rings (SSSR count). The molecule has 6 atom stereocenters. The Morgan fingerprint density at radius 3 is 1.22 bits per heavy atom. The van der Waals surface area contributed by atoms with E-state index < -0.39 is 169 Å². The van der Waals surface area contributed by atoms with Gasteiger partial charge in [0, 0.05) is 38.7 Å². The number of nitrogens with one attached hydrogen (secondary N) is 2. The number of nitrogens with zero attached hydrogens (tertiary/aromatic N) is 2. The molecule has 0 fully saturated rings. The Morgan fingerprint density at radius 1 is 0.610 bits per heavy atom. The topological polar surface area (TPSA) is 441 Å². The molecule has 0 amide bonds. The average Bonchev–Trinajstić information content (AvgIpc) is 3.42. The highest BCUT2D eigenvalue weighted by molar-refractivity contribution is 7.48. The third-order valence-electron chi connectivity index (χ3n) is 9.26. The third kappa shape index (κ3) is 24.7. The largest absolute Gasteiger partial charge is 0.510 e. The van der Waals surface area contributed by atoms with E-state index in [0.29, 0.717) is 17.9 Å². The monoisotopic (exact) mass is 1230 g/mol. The zero-order chi connectivity index (χ0) is 63.5. The van der Waals surface area contributed by atoms with Gasteiger partial charge in [-0.3, -0.25) is 37.7 Å². The summed E-state index contributed by atoms with van der Waals surface area (Å²) in [6, 6.07) is 1.59. The number of phosphoric ester groups is 2. The first-order valence-corrected chi connectivity index (χ1v) is 26.6. The summed E-state index contributed by atoms with van der Waals surface area (Å²) in [4.78, 5) is 96.8. The van der Waals surface area contributed by atoms with Crippen LogP contribution in [0.2, 0.25) is 0 Å². The van der Waals surface area contributed by atoms with E-state index in [-0.39, 0.29) is 4.57 Å². The number of terminal acetylenes is 1. The number of hydrogen-bond acceptors (Lipinski definition) is 30. The fraction of sp³-hybridized carbons (Fsp3) is 0.682. The maximum Gasteiger partial charge on any atom is 0.510 e. The maximum absolute atomic E-state index is 15.7. The van der Waals surface area contributed by atoms with Gasteiger partial charge in [-0.15, -0.1) is 6.42 Å². The lowest BCUT2D eigenvalue weighted by atomic mass is 9.90. The van der Waals surface area contributed by atoms with Gasteiger partial charge >= 0.3 is 51.6 Å². The summed E-state index contributed by atoms with van der Waals surface area (Å²) in [5.41, 5.74) is -12.6. The number of phosphoric acid groups is 2. The Morgan fingerprint density at radius 2 is 0.939 bits per heavy atom. The molecule has 34 nitrogen and oxygen atoms in total. The Hall–Kier alpha value is -6.16. The molecule has 0 aliphatic carbocycles. The molecule has 38 heteroatoms. The van der Waals surface area contributed by atoms with Crippen molar-refractivity contribution in [1.29, 1.82) is 0 Å². The van der Waals surface area contributed by atoms with Gasteiger partial charge in [0.25, 0.3) is 17.0 Å². The number of aliphatic hydroxyl groups excluding tert-OH is 2. The van der Waals surface area contributed by atoms with Crippen molar-refractivity contribution < 1.29 is 132 Å². The summed E-state index contributed by atoms with van der Waals surface area (Å²) in [7, 11) is -8.38. The first-order valence-electron chi connectivity index (χ1n) is 23.7. The predicted molar refractivity (Wildman–Crippen MR) is 269 cm³/mol. The number of H-pyrrole nitrogens is 2. The maximum atomic E-state index is 15.7. The number of alkyl halides is 2.